The molecule has 2 aromatic rings. The summed E-state index contributed by atoms with van der Waals surface area (Å²) in [7, 11) is 0. The zero-order chi connectivity index (χ0) is 19.4. The van der Waals surface area contributed by atoms with Crippen LogP contribution in [-0.4, -0.2) is 51.2 Å². The van der Waals surface area contributed by atoms with Crippen molar-refractivity contribution in [1.29, 1.82) is 0 Å². The van der Waals surface area contributed by atoms with Gasteiger partial charge in [-0.1, -0.05) is 43.1 Å². The second-order valence-corrected chi connectivity index (χ2v) is 7.59. The number of hydrogen-bond acceptors (Lipinski definition) is 4. The fourth-order valence-electron chi connectivity index (χ4n) is 3.41. The fraction of sp³-hybridized carbons (Fsp3) is 0.526. The van der Waals surface area contributed by atoms with Crippen LogP contribution in [0, 0.1) is 0 Å². The third kappa shape index (κ3) is 4.62. The average molecular weight is 410 g/mol. The summed E-state index contributed by atoms with van der Waals surface area (Å²) >= 11 is 12.6. The maximum absolute atomic E-state index is 12.7. The third-order valence-corrected chi connectivity index (χ3v) is 5.42. The number of likely N-dealkylation sites (tertiary alicyclic amines) is 1. The first-order valence-electron chi connectivity index (χ1n) is 9.47. The van der Waals surface area contributed by atoms with Crippen molar-refractivity contribution in [2.75, 3.05) is 19.6 Å². The molecule has 1 aliphatic heterocycles. The normalized spacial score (nSPS) is 15.9. The van der Waals surface area contributed by atoms with E-state index in [1.165, 1.54) is 0 Å². The van der Waals surface area contributed by atoms with Crippen LogP contribution in [0.5, 0.6) is 0 Å². The summed E-state index contributed by atoms with van der Waals surface area (Å²) in [6.07, 6.45) is 3.66. The highest BCUT2D eigenvalue weighted by atomic mass is 35.5. The van der Waals surface area contributed by atoms with E-state index in [1.54, 1.807) is 22.9 Å². The maximum atomic E-state index is 12.7. The topological polar surface area (TPSA) is 63.1 Å². The molecule has 27 heavy (non-hydrogen) atoms. The molecule has 0 aliphatic carbocycles. The number of carbonyl (C=O) groups is 1. The number of piperidine rings is 1. The van der Waals surface area contributed by atoms with Crippen LogP contribution >= 0.6 is 23.2 Å². The molecule has 1 fully saturated rings. The lowest BCUT2D eigenvalue weighted by atomic mass is 10.0. The molecule has 0 atom stereocenters. The number of nitrogens with one attached hydrogen (secondary N) is 1. The van der Waals surface area contributed by atoms with Gasteiger partial charge >= 0.3 is 0 Å². The second-order valence-electron chi connectivity index (χ2n) is 6.78. The molecule has 0 saturated carbocycles. The number of benzene rings is 1. The molecule has 1 saturated heterocycles. The molecule has 1 aromatic heterocycles. The summed E-state index contributed by atoms with van der Waals surface area (Å²) in [6.45, 7) is 7.28. The van der Waals surface area contributed by atoms with Crippen molar-refractivity contribution in [3.05, 3.63) is 39.9 Å². The molecule has 0 unspecified atom stereocenters. The molecule has 1 aliphatic rings. The monoisotopic (exact) mass is 409 g/mol. The number of carbonyl (C=O) groups excluding carboxylic acids is 1. The minimum absolute atomic E-state index is 0.152. The van der Waals surface area contributed by atoms with Gasteiger partial charge in [0.25, 0.3) is 5.91 Å². The number of aromatic nitrogens is 3. The van der Waals surface area contributed by atoms with Gasteiger partial charge in [-0.25, -0.2) is 9.67 Å². The van der Waals surface area contributed by atoms with Gasteiger partial charge in [-0.3, -0.25) is 4.79 Å². The number of amides is 1. The molecule has 3 rings (SSSR count). The number of halogens is 2. The molecule has 146 valence electrons. The average Bonchev–Trinajstić information content (AvgIpc) is 3.07. The number of rotatable bonds is 6. The first kappa shape index (κ1) is 20.1. The van der Waals surface area contributed by atoms with E-state index in [0.29, 0.717) is 28.0 Å². The summed E-state index contributed by atoms with van der Waals surface area (Å²) in [5.74, 6) is 0.548. The van der Waals surface area contributed by atoms with Crippen molar-refractivity contribution < 1.29 is 4.79 Å². The predicted octanol–water partition coefficient (Wildman–Crippen LogP) is 3.74. The van der Waals surface area contributed by atoms with Gasteiger partial charge in [0, 0.05) is 25.6 Å². The summed E-state index contributed by atoms with van der Waals surface area (Å²) in [4.78, 5) is 19.5. The number of hydrogen-bond donors (Lipinski definition) is 1. The summed E-state index contributed by atoms with van der Waals surface area (Å²) in [5, 5.41) is 8.41. The Hall–Kier alpha value is -1.63. The van der Waals surface area contributed by atoms with Gasteiger partial charge in [0.2, 0.25) is 5.82 Å². The van der Waals surface area contributed by atoms with Crippen molar-refractivity contribution in [2.24, 2.45) is 0 Å². The van der Waals surface area contributed by atoms with Gasteiger partial charge in [0.05, 0.1) is 10.0 Å². The molecule has 0 bridgehead atoms. The Bertz CT molecular complexity index is 779. The Morgan fingerprint density at radius 1 is 1.22 bits per heavy atom. The van der Waals surface area contributed by atoms with Crippen LogP contribution in [0.25, 0.3) is 5.69 Å². The largest absolute Gasteiger partial charge is 0.346 e. The summed E-state index contributed by atoms with van der Waals surface area (Å²) < 4.78 is 1.57. The van der Waals surface area contributed by atoms with Crippen LogP contribution in [0.2, 0.25) is 10.0 Å². The highest BCUT2D eigenvalue weighted by Crippen LogP contribution is 2.28. The van der Waals surface area contributed by atoms with Crippen LogP contribution in [0.4, 0.5) is 0 Å². The lowest BCUT2D eigenvalue weighted by Gasteiger charge is -2.31. The van der Waals surface area contributed by atoms with Crippen molar-refractivity contribution in [2.45, 2.75) is 45.6 Å². The summed E-state index contributed by atoms with van der Waals surface area (Å²) in [6, 6.07) is 5.42. The molecule has 8 heteroatoms. The van der Waals surface area contributed by atoms with Crippen LogP contribution in [0.3, 0.4) is 0 Å². The SMILES string of the molecule is CCCN1CCC(NC(=O)c2nc(CC)n(-c3c(Cl)cccc3Cl)n2)CC1. The zero-order valence-electron chi connectivity index (χ0n) is 15.7. The quantitative estimate of drug-likeness (QED) is 0.788. The highest BCUT2D eigenvalue weighted by Gasteiger charge is 2.24. The van der Waals surface area contributed by atoms with E-state index in [-0.39, 0.29) is 17.8 Å². The second kappa shape index (κ2) is 9.04. The lowest BCUT2D eigenvalue weighted by molar-refractivity contribution is 0.0900. The standard InChI is InChI=1S/C19H25Cl2N5O/c1-3-10-25-11-8-13(9-12-25)22-19(27)18-23-16(4-2)26(24-18)17-14(20)6-5-7-15(17)21/h5-7,13H,3-4,8-12H2,1-2H3,(H,22,27). The number of nitrogens with zero attached hydrogens (tertiary/aromatic N) is 4. The molecule has 6 nitrogen and oxygen atoms in total. The Labute approximate surface area is 169 Å². The molecule has 2 heterocycles. The van der Waals surface area contributed by atoms with Crippen molar-refractivity contribution in [3.8, 4) is 5.69 Å². The third-order valence-electron chi connectivity index (χ3n) is 4.81. The number of para-hydroxylation sites is 1. The van der Waals surface area contributed by atoms with E-state index in [9.17, 15) is 4.79 Å². The molecular weight excluding hydrogens is 385 g/mol. The van der Waals surface area contributed by atoms with E-state index in [2.05, 4.69) is 27.2 Å². The highest BCUT2D eigenvalue weighted by molar-refractivity contribution is 6.37. The van der Waals surface area contributed by atoms with Gasteiger partial charge in [0.15, 0.2) is 0 Å². The summed E-state index contributed by atoms with van der Waals surface area (Å²) in [5.41, 5.74) is 0.553. The zero-order valence-corrected chi connectivity index (χ0v) is 17.2. The van der Waals surface area contributed by atoms with Gasteiger partial charge < -0.3 is 10.2 Å². The van der Waals surface area contributed by atoms with Gasteiger partial charge in [0.1, 0.15) is 11.5 Å². The Balaban J connectivity index is 1.74. The van der Waals surface area contributed by atoms with E-state index < -0.39 is 0 Å². The lowest BCUT2D eigenvalue weighted by Crippen LogP contribution is -2.45. The van der Waals surface area contributed by atoms with E-state index in [1.807, 2.05) is 6.92 Å². The van der Waals surface area contributed by atoms with Gasteiger partial charge in [-0.2, -0.15) is 0 Å². The first-order valence-corrected chi connectivity index (χ1v) is 10.2. The minimum atomic E-state index is -0.249. The van der Waals surface area contributed by atoms with E-state index in [0.717, 1.165) is 38.9 Å². The Morgan fingerprint density at radius 2 is 1.89 bits per heavy atom. The molecular formula is C19H25Cl2N5O. The van der Waals surface area contributed by atoms with Gasteiger partial charge in [-0.05, 0) is 37.9 Å². The van der Waals surface area contributed by atoms with Crippen LogP contribution < -0.4 is 5.32 Å². The van der Waals surface area contributed by atoms with Crippen molar-refractivity contribution in [1.82, 2.24) is 25.0 Å². The van der Waals surface area contributed by atoms with Crippen LogP contribution in [0.15, 0.2) is 18.2 Å². The van der Waals surface area contributed by atoms with E-state index in [4.69, 9.17) is 23.2 Å². The molecule has 1 N–H and O–H groups in total. The first-order chi connectivity index (χ1) is 13.0. The van der Waals surface area contributed by atoms with E-state index >= 15 is 0 Å². The molecule has 1 aromatic carbocycles. The van der Waals surface area contributed by atoms with Crippen LogP contribution in [-0.2, 0) is 6.42 Å². The smallest absolute Gasteiger partial charge is 0.291 e. The number of aryl methyl sites for hydroxylation is 1. The Morgan fingerprint density at radius 3 is 2.48 bits per heavy atom. The molecule has 0 spiro atoms. The van der Waals surface area contributed by atoms with Crippen LogP contribution in [0.1, 0.15) is 49.6 Å². The maximum Gasteiger partial charge on any atom is 0.291 e. The Kier molecular flexibility index (Phi) is 6.73. The molecule has 0 radical (unpaired) electrons. The minimum Gasteiger partial charge on any atom is -0.346 e. The van der Waals surface area contributed by atoms with Crippen molar-refractivity contribution >= 4 is 29.1 Å². The van der Waals surface area contributed by atoms with Gasteiger partial charge in [-0.15, -0.1) is 5.10 Å². The fourth-order valence-corrected chi connectivity index (χ4v) is 3.96. The molecule has 1 amide bonds. The predicted molar refractivity (Wildman–Crippen MR) is 108 cm³/mol. The van der Waals surface area contributed by atoms with Crippen molar-refractivity contribution in [3.63, 3.8) is 0 Å².